The molecule has 4 heterocycles. The first-order valence-corrected chi connectivity index (χ1v) is 10.1. The number of benzene rings is 1. The molecule has 4 aromatic rings. The number of hydrogen-bond acceptors (Lipinski definition) is 5. The Bertz CT molecular complexity index is 1100. The molecule has 148 valence electrons. The smallest absolute Gasteiger partial charge is 0.151 e. The number of rotatable bonds is 4. The second-order valence-corrected chi connectivity index (χ2v) is 7.84. The fourth-order valence-electron chi connectivity index (χ4n) is 4.32. The number of nitrogens with one attached hydrogen (secondary N) is 3. The van der Waals surface area contributed by atoms with Gasteiger partial charge in [0, 0.05) is 48.0 Å². The molecule has 7 nitrogen and oxygen atoms in total. The molecule has 1 fully saturated rings. The number of aromatic amines is 2. The zero-order valence-corrected chi connectivity index (χ0v) is 16.7. The molecule has 0 unspecified atom stereocenters. The van der Waals surface area contributed by atoms with Crippen molar-refractivity contribution >= 4 is 16.7 Å². The third-order valence-corrected chi connectivity index (χ3v) is 5.96. The molecular weight excluding hydrogens is 362 g/mol. The van der Waals surface area contributed by atoms with E-state index in [1.165, 1.54) is 0 Å². The Morgan fingerprint density at radius 2 is 1.97 bits per heavy atom. The molecule has 0 amide bonds. The van der Waals surface area contributed by atoms with Gasteiger partial charge in [-0.1, -0.05) is 6.07 Å². The molecular formula is C22H25N7. The van der Waals surface area contributed by atoms with E-state index < -0.39 is 0 Å². The van der Waals surface area contributed by atoms with E-state index in [0.29, 0.717) is 12.1 Å². The Labute approximate surface area is 169 Å². The first-order chi connectivity index (χ1) is 14.2. The minimum absolute atomic E-state index is 0.496. The Hall–Kier alpha value is -3.19. The summed E-state index contributed by atoms with van der Waals surface area (Å²) in [7, 11) is 2.12. The van der Waals surface area contributed by atoms with Gasteiger partial charge in [0.25, 0.3) is 0 Å². The second kappa shape index (κ2) is 7.33. The van der Waals surface area contributed by atoms with Gasteiger partial charge in [0.05, 0.1) is 17.4 Å². The molecule has 2 atom stereocenters. The molecule has 5 rings (SSSR count). The number of hydrogen-bond donors (Lipinski definition) is 3. The molecule has 1 aliphatic rings. The van der Waals surface area contributed by atoms with Crippen LogP contribution in [0.1, 0.15) is 19.8 Å². The van der Waals surface area contributed by atoms with Gasteiger partial charge in [-0.2, -0.15) is 5.10 Å². The van der Waals surface area contributed by atoms with Crippen molar-refractivity contribution < 1.29 is 0 Å². The van der Waals surface area contributed by atoms with E-state index in [0.717, 1.165) is 58.5 Å². The normalized spacial score (nSPS) is 19.5. The molecule has 0 spiro atoms. The summed E-state index contributed by atoms with van der Waals surface area (Å²) in [5, 5.41) is 20.7. The van der Waals surface area contributed by atoms with Crippen LogP contribution in [0.2, 0.25) is 0 Å². The molecule has 3 aromatic heterocycles. The van der Waals surface area contributed by atoms with E-state index in [1.807, 2.05) is 18.6 Å². The number of aromatic nitrogens is 5. The van der Waals surface area contributed by atoms with Crippen molar-refractivity contribution in [3.8, 4) is 22.4 Å². The van der Waals surface area contributed by atoms with Crippen LogP contribution in [0.25, 0.3) is 33.3 Å². The molecule has 0 saturated carbocycles. The van der Waals surface area contributed by atoms with Crippen molar-refractivity contribution in [1.82, 2.24) is 30.7 Å². The average Bonchev–Trinajstić information content (AvgIpc) is 3.45. The van der Waals surface area contributed by atoms with Gasteiger partial charge in [0.2, 0.25) is 0 Å². The summed E-state index contributed by atoms with van der Waals surface area (Å²) in [6.07, 6.45) is 7.97. The van der Waals surface area contributed by atoms with Crippen LogP contribution in [-0.4, -0.2) is 51.1 Å². The molecule has 3 N–H and O–H groups in total. The van der Waals surface area contributed by atoms with Crippen molar-refractivity contribution in [2.75, 3.05) is 18.5 Å². The monoisotopic (exact) mass is 387 g/mol. The van der Waals surface area contributed by atoms with Gasteiger partial charge < -0.3 is 15.2 Å². The summed E-state index contributed by atoms with van der Waals surface area (Å²) >= 11 is 0. The van der Waals surface area contributed by atoms with Crippen LogP contribution in [0.4, 0.5) is 5.82 Å². The maximum atomic E-state index is 4.56. The summed E-state index contributed by atoms with van der Waals surface area (Å²) in [5.74, 6) is 0.922. The average molecular weight is 387 g/mol. The summed E-state index contributed by atoms with van der Waals surface area (Å²) in [6.45, 7) is 3.29. The predicted octanol–water partition coefficient (Wildman–Crippen LogP) is 3.59. The Morgan fingerprint density at radius 1 is 1.07 bits per heavy atom. The fourth-order valence-corrected chi connectivity index (χ4v) is 4.32. The first-order valence-electron chi connectivity index (χ1n) is 10.1. The lowest BCUT2D eigenvalue weighted by Crippen LogP contribution is -2.45. The lowest BCUT2D eigenvalue weighted by Gasteiger charge is -2.35. The highest BCUT2D eigenvalue weighted by atomic mass is 15.3. The highest BCUT2D eigenvalue weighted by Crippen LogP contribution is 2.34. The van der Waals surface area contributed by atoms with E-state index in [-0.39, 0.29) is 0 Å². The largest absolute Gasteiger partial charge is 0.361 e. The van der Waals surface area contributed by atoms with Crippen molar-refractivity contribution in [1.29, 1.82) is 0 Å². The third-order valence-electron chi connectivity index (χ3n) is 5.96. The fraction of sp³-hybridized carbons (Fsp3) is 0.318. The molecule has 1 aliphatic heterocycles. The zero-order valence-electron chi connectivity index (χ0n) is 16.7. The molecule has 0 bridgehead atoms. The highest BCUT2D eigenvalue weighted by Gasteiger charge is 2.23. The molecule has 0 aliphatic carbocycles. The van der Waals surface area contributed by atoms with Gasteiger partial charge >= 0.3 is 0 Å². The standard InChI is InChI=1S/C22H25N7/c1-14-11-16(7-9-23-14)29(2)21-6-5-20(27-28-21)19-4-3-17(15-12-25-26-13-15)18-8-10-24-22(18)19/h3-6,8,10,12-14,16,23-24H,7,9,11H2,1-2H3,(H,25,26)/t14-,16+/m0/s1. The lowest BCUT2D eigenvalue weighted by atomic mass is 9.99. The van der Waals surface area contributed by atoms with Crippen molar-refractivity contribution in [3.05, 3.63) is 48.9 Å². The number of anilines is 1. The summed E-state index contributed by atoms with van der Waals surface area (Å²) in [4.78, 5) is 5.63. The van der Waals surface area contributed by atoms with E-state index in [1.54, 1.807) is 0 Å². The number of fused-ring (bicyclic) bond motifs is 1. The minimum atomic E-state index is 0.496. The van der Waals surface area contributed by atoms with Crippen LogP contribution >= 0.6 is 0 Å². The van der Waals surface area contributed by atoms with Crippen LogP contribution < -0.4 is 10.2 Å². The maximum absolute atomic E-state index is 4.56. The number of nitrogens with zero attached hydrogens (tertiary/aromatic N) is 4. The quantitative estimate of drug-likeness (QED) is 0.498. The highest BCUT2D eigenvalue weighted by molar-refractivity contribution is 6.02. The van der Waals surface area contributed by atoms with Gasteiger partial charge in [-0.3, -0.25) is 5.10 Å². The minimum Gasteiger partial charge on any atom is -0.361 e. The summed E-state index contributed by atoms with van der Waals surface area (Å²) in [6, 6.07) is 11.5. The van der Waals surface area contributed by atoms with Crippen LogP contribution in [0.5, 0.6) is 0 Å². The van der Waals surface area contributed by atoms with Gasteiger partial charge in [-0.25, -0.2) is 0 Å². The van der Waals surface area contributed by atoms with E-state index in [9.17, 15) is 0 Å². The molecule has 1 saturated heterocycles. The maximum Gasteiger partial charge on any atom is 0.151 e. The SMILES string of the molecule is C[C@H]1C[C@H](N(C)c2ccc(-c3ccc(-c4cn[nH]c4)c4cc[nH]c34)nn2)CCN1. The lowest BCUT2D eigenvalue weighted by molar-refractivity contribution is 0.370. The Morgan fingerprint density at radius 3 is 2.72 bits per heavy atom. The number of H-pyrrole nitrogens is 2. The van der Waals surface area contributed by atoms with Gasteiger partial charge in [-0.05, 0) is 56.1 Å². The van der Waals surface area contributed by atoms with E-state index >= 15 is 0 Å². The summed E-state index contributed by atoms with van der Waals surface area (Å²) in [5.41, 5.74) is 5.19. The topological polar surface area (TPSA) is 85.5 Å². The molecule has 1 aromatic carbocycles. The van der Waals surface area contributed by atoms with Crippen LogP contribution in [0.15, 0.2) is 48.9 Å². The predicted molar refractivity (Wildman–Crippen MR) is 116 cm³/mol. The molecule has 0 radical (unpaired) electrons. The first kappa shape index (κ1) is 17.9. The van der Waals surface area contributed by atoms with Gasteiger partial charge in [-0.15, -0.1) is 10.2 Å². The molecule has 29 heavy (non-hydrogen) atoms. The Kier molecular flexibility index (Phi) is 4.52. The van der Waals surface area contributed by atoms with Crippen LogP contribution in [0.3, 0.4) is 0 Å². The summed E-state index contributed by atoms with van der Waals surface area (Å²) < 4.78 is 0. The van der Waals surface area contributed by atoms with E-state index in [2.05, 4.69) is 79.9 Å². The third kappa shape index (κ3) is 3.27. The van der Waals surface area contributed by atoms with E-state index in [4.69, 9.17) is 0 Å². The van der Waals surface area contributed by atoms with Crippen molar-refractivity contribution in [2.45, 2.75) is 31.8 Å². The van der Waals surface area contributed by atoms with Gasteiger partial charge in [0.15, 0.2) is 5.82 Å². The van der Waals surface area contributed by atoms with Crippen LogP contribution in [-0.2, 0) is 0 Å². The molecule has 7 heteroatoms. The second-order valence-electron chi connectivity index (χ2n) is 7.84. The van der Waals surface area contributed by atoms with Gasteiger partial charge in [0.1, 0.15) is 0 Å². The van der Waals surface area contributed by atoms with Crippen LogP contribution in [0, 0.1) is 0 Å². The number of piperidine rings is 1. The zero-order chi connectivity index (χ0) is 19.8. The van der Waals surface area contributed by atoms with Crippen molar-refractivity contribution in [2.24, 2.45) is 0 Å². The van der Waals surface area contributed by atoms with Crippen molar-refractivity contribution in [3.63, 3.8) is 0 Å². The Balaban J connectivity index is 1.45.